The minimum absolute atomic E-state index is 0.0861. The first-order valence-electron chi connectivity index (χ1n) is 7.65. The molecule has 0 aliphatic rings. The van der Waals surface area contributed by atoms with Gasteiger partial charge in [-0.05, 0) is 45.5 Å². The van der Waals surface area contributed by atoms with Crippen LogP contribution in [0, 0.1) is 11.7 Å². The molecule has 2 nitrogen and oxygen atoms in total. The van der Waals surface area contributed by atoms with E-state index in [1.54, 1.807) is 12.1 Å². The van der Waals surface area contributed by atoms with Crippen molar-refractivity contribution in [3.05, 3.63) is 35.6 Å². The molecule has 2 unspecified atom stereocenters. The van der Waals surface area contributed by atoms with Gasteiger partial charge in [0.15, 0.2) is 0 Å². The molecule has 0 saturated carbocycles. The maximum atomic E-state index is 13.9. The van der Waals surface area contributed by atoms with E-state index in [2.05, 4.69) is 45.0 Å². The highest BCUT2D eigenvalue weighted by Crippen LogP contribution is 2.21. The molecule has 0 heterocycles. The number of halogens is 1. The Labute approximate surface area is 123 Å². The largest absolute Gasteiger partial charge is 0.310 e. The van der Waals surface area contributed by atoms with E-state index >= 15 is 0 Å². The number of nitrogens with zero attached hydrogens (tertiary/aromatic N) is 1. The smallest absolute Gasteiger partial charge is 0.127 e. The normalized spacial score (nSPS) is 14.8. The first kappa shape index (κ1) is 17.1. The third kappa shape index (κ3) is 4.88. The molecule has 1 N–H and O–H groups in total. The van der Waals surface area contributed by atoms with Crippen molar-refractivity contribution < 1.29 is 4.39 Å². The second kappa shape index (κ2) is 8.38. The Morgan fingerprint density at radius 3 is 2.40 bits per heavy atom. The van der Waals surface area contributed by atoms with Gasteiger partial charge in [0.2, 0.25) is 0 Å². The number of rotatable bonds is 8. The van der Waals surface area contributed by atoms with Crippen LogP contribution in [-0.4, -0.2) is 31.1 Å². The van der Waals surface area contributed by atoms with Crippen LogP contribution in [0.5, 0.6) is 0 Å². The van der Waals surface area contributed by atoms with Gasteiger partial charge in [0, 0.05) is 17.6 Å². The van der Waals surface area contributed by atoms with E-state index in [1.165, 1.54) is 0 Å². The van der Waals surface area contributed by atoms with Crippen LogP contribution in [-0.2, 0) is 0 Å². The van der Waals surface area contributed by atoms with Crippen LogP contribution in [0.1, 0.15) is 45.7 Å². The predicted octanol–water partition coefficient (Wildman–Crippen LogP) is 3.84. The zero-order valence-electron chi connectivity index (χ0n) is 13.5. The number of hydrogen-bond donors (Lipinski definition) is 1. The zero-order chi connectivity index (χ0) is 15.1. The van der Waals surface area contributed by atoms with E-state index in [1.807, 2.05) is 12.1 Å². The first-order valence-corrected chi connectivity index (χ1v) is 7.65. The van der Waals surface area contributed by atoms with Gasteiger partial charge in [0.05, 0.1) is 0 Å². The van der Waals surface area contributed by atoms with Gasteiger partial charge in [-0.15, -0.1) is 0 Å². The highest BCUT2D eigenvalue weighted by molar-refractivity contribution is 5.21. The highest BCUT2D eigenvalue weighted by atomic mass is 19.1. The van der Waals surface area contributed by atoms with Crippen molar-refractivity contribution in [1.82, 2.24) is 10.2 Å². The van der Waals surface area contributed by atoms with E-state index in [-0.39, 0.29) is 11.9 Å². The van der Waals surface area contributed by atoms with Gasteiger partial charge in [-0.1, -0.05) is 39.0 Å². The molecule has 1 aromatic carbocycles. The lowest BCUT2D eigenvalue weighted by Crippen LogP contribution is -2.36. The predicted molar refractivity (Wildman–Crippen MR) is 84.4 cm³/mol. The van der Waals surface area contributed by atoms with Crippen LogP contribution in [0.4, 0.5) is 4.39 Å². The van der Waals surface area contributed by atoms with Crippen LogP contribution in [0.3, 0.4) is 0 Å². The van der Waals surface area contributed by atoms with Crippen molar-refractivity contribution in [2.24, 2.45) is 5.92 Å². The second-order valence-corrected chi connectivity index (χ2v) is 5.89. The highest BCUT2D eigenvalue weighted by Gasteiger charge is 2.18. The number of benzene rings is 1. The van der Waals surface area contributed by atoms with Gasteiger partial charge in [0.1, 0.15) is 5.82 Å². The van der Waals surface area contributed by atoms with Gasteiger partial charge >= 0.3 is 0 Å². The summed E-state index contributed by atoms with van der Waals surface area (Å²) in [4.78, 5) is 2.36. The lowest BCUT2D eigenvalue weighted by atomic mass is 10.0. The standard InChI is InChI=1S/C17H29FN2/c1-6-19-17(15-9-7-8-10-16(15)18)11-12-20(5)14(4)13(2)3/h7-10,13-14,17,19H,6,11-12H2,1-5H3. The molecule has 0 saturated heterocycles. The number of hydrogen-bond acceptors (Lipinski definition) is 2. The van der Waals surface area contributed by atoms with Crippen molar-refractivity contribution in [1.29, 1.82) is 0 Å². The number of nitrogens with one attached hydrogen (secondary N) is 1. The Hall–Kier alpha value is -0.930. The average Bonchev–Trinajstić information content (AvgIpc) is 2.43. The summed E-state index contributed by atoms with van der Waals surface area (Å²) in [6.07, 6.45) is 0.919. The summed E-state index contributed by atoms with van der Waals surface area (Å²) in [6.45, 7) is 10.6. The van der Waals surface area contributed by atoms with Crippen molar-refractivity contribution in [3.63, 3.8) is 0 Å². The van der Waals surface area contributed by atoms with Crippen LogP contribution in [0.2, 0.25) is 0 Å². The first-order chi connectivity index (χ1) is 9.47. The zero-order valence-corrected chi connectivity index (χ0v) is 13.5. The van der Waals surface area contributed by atoms with E-state index in [0.717, 1.165) is 25.1 Å². The summed E-state index contributed by atoms with van der Waals surface area (Å²) >= 11 is 0. The second-order valence-electron chi connectivity index (χ2n) is 5.89. The third-order valence-electron chi connectivity index (χ3n) is 4.16. The SMILES string of the molecule is CCNC(CCN(C)C(C)C(C)C)c1ccccc1F. The molecular weight excluding hydrogens is 251 g/mol. The van der Waals surface area contributed by atoms with Crippen LogP contribution < -0.4 is 5.32 Å². The van der Waals surface area contributed by atoms with Crippen LogP contribution in [0.15, 0.2) is 24.3 Å². The molecule has 3 heteroatoms. The summed E-state index contributed by atoms with van der Waals surface area (Å²) in [6, 6.07) is 7.70. The quantitative estimate of drug-likeness (QED) is 0.778. The molecule has 114 valence electrons. The molecule has 1 aromatic rings. The molecular formula is C17H29FN2. The minimum atomic E-state index is -0.113. The summed E-state index contributed by atoms with van der Waals surface area (Å²) < 4.78 is 13.9. The topological polar surface area (TPSA) is 15.3 Å². The molecule has 0 amide bonds. The molecule has 0 spiro atoms. The Bertz CT molecular complexity index is 392. The van der Waals surface area contributed by atoms with Crippen LogP contribution >= 0.6 is 0 Å². The van der Waals surface area contributed by atoms with E-state index in [9.17, 15) is 4.39 Å². The van der Waals surface area contributed by atoms with Crippen molar-refractivity contribution >= 4 is 0 Å². The maximum Gasteiger partial charge on any atom is 0.127 e. The fraction of sp³-hybridized carbons (Fsp3) is 0.647. The Morgan fingerprint density at radius 2 is 1.85 bits per heavy atom. The summed E-state index contributed by atoms with van der Waals surface area (Å²) in [7, 11) is 2.15. The summed E-state index contributed by atoms with van der Waals surface area (Å²) in [5.41, 5.74) is 0.778. The minimum Gasteiger partial charge on any atom is -0.310 e. The van der Waals surface area contributed by atoms with Crippen molar-refractivity contribution in [2.45, 2.75) is 46.2 Å². The van der Waals surface area contributed by atoms with Gasteiger partial charge in [-0.25, -0.2) is 4.39 Å². The molecule has 1 rings (SSSR count). The van der Waals surface area contributed by atoms with Gasteiger partial charge in [-0.3, -0.25) is 0 Å². The molecule has 0 bridgehead atoms. The van der Waals surface area contributed by atoms with E-state index in [4.69, 9.17) is 0 Å². The Kier molecular flexibility index (Phi) is 7.17. The third-order valence-corrected chi connectivity index (χ3v) is 4.16. The Balaban J connectivity index is 2.67. The van der Waals surface area contributed by atoms with E-state index < -0.39 is 0 Å². The van der Waals surface area contributed by atoms with Gasteiger partial charge in [-0.2, -0.15) is 0 Å². The lowest BCUT2D eigenvalue weighted by Gasteiger charge is -2.29. The van der Waals surface area contributed by atoms with Crippen molar-refractivity contribution in [2.75, 3.05) is 20.1 Å². The van der Waals surface area contributed by atoms with Crippen LogP contribution in [0.25, 0.3) is 0 Å². The average molecular weight is 280 g/mol. The summed E-state index contributed by atoms with van der Waals surface area (Å²) in [5.74, 6) is 0.518. The van der Waals surface area contributed by atoms with Gasteiger partial charge in [0.25, 0.3) is 0 Å². The molecule has 0 aromatic heterocycles. The molecule has 0 aliphatic carbocycles. The van der Waals surface area contributed by atoms with Gasteiger partial charge < -0.3 is 10.2 Å². The molecule has 0 aliphatic heterocycles. The Morgan fingerprint density at radius 1 is 1.20 bits per heavy atom. The van der Waals surface area contributed by atoms with Crippen molar-refractivity contribution in [3.8, 4) is 0 Å². The van der Waals surface area contributed by atoms with E-state index in [0.29, 0.717) is 12.0 Å². The molecule has 0 radical (unpaired) electrons. The molecule has 2 atom stereocenters. The summed E-state index contributed by atoms with van der Waals surface area (Å²) in [5, 5.41) is 3.40. The lowest BCUT2D eigenvalue weighted by molar-refractivity contribution is 0.198. The maximum absolute atomic E-state index is 13.9. The monoisotopic (exact) mass is 280 g/mol. The fourth-order valence-electron chi connectivity index (χ4n) is 2.42. The molecule has 20 heavy (non-hydrogen) atoms. The fourth-order valence-corrected chi connectivity index (χ4v) is 2.42. The molecule has 0 fully saturated rings.